The van der Waals surface area contributed by atoms with E-state index in [4.69, 9.17) is 0 Å². The molecule has 0 spiro atoms. The number of rotatable bonds is 7. The van der Waals surface area contributed by atoms with E-state index in [2.05, 4.69) is 35.8 Å². The fraction of sp³-hybridized carbons (Fsp3) is 0.250. The Balaban J connectivity index is 1.22. The van der Waals surface area contributed by atoms with Gasteiger partial charge in [-0.15, -0.1) is 10.2 Å². The Morgan fingerprint density at radius 3 is 2.91 bits per heavy atom. The summed E-state index contributed by atoms with van der Waals surface area (Å²) in [6.07, 6.45) is 10.2. The third-order valence-corrected chi connectivity index (χ3v) is 5.90. The third-order valence-electron chi connectivity index (χ3n) is 5.90. The number of nitrogens with one attached hydrogen (secondary N) is 2. The molecule has 0 fully saturated rings. The van der Waals surface area contributed by atoms with Crippen LogP contribution in [0.15, 0.2) is 55.2 Å². The molecule has 9 nitrogen and oxygen atoms in total. The molecular formula is C24H24N8O. The van der Waals surface area contributed by atoms with Crippen molar-refractivity contribution in [3.63, 3.8) is 0 Å². The van der Waals surface area contributed by atoms with Gasteiger partial charge in [0.2, 0.25) is 0 Å². The van der Waals surface area contributed by atoms with E-state index in [1.807, 2.05) is 48.3 Å². The van der Waals surface area contributed by atoms with E-state index in [-0.39, 0.29) is 5.91 Å². The Morgan fingerprint density at radius 1 is 1.09 bits per heavy atom. The van der Waals surface area contributed by atoms with Crippen molar-refractivity contribution in [2.45, 2.75) is 32.4 Å². The van der Waals surface area contributed by atoms with Gasteiger partial charge in [-0.1, -0.05) is 6.07 Å². The number of anilines is 1. The number of carbonyl (C=O) groups is 1. The topological polar surface area (TPSA) is 111 Å². The summed E-state index contributed by atoms with van der Waals surface area (Å²) in [4.78, 5) is 25.2. The van der Waals surface area contributed by atoms with E-state index in [9.17, 15) is 4.79 Å². The average molecular weight is 441 g/mol. The number of fused-ring (bicyclic) bond motifs is 1. The highest BCUT2D eigenvalue weighted by Crippen LogP contribution is 2.24. The molecule has 0 bridgehead atoms. The van der Waals surface area contributed by atoms with Crippen molar-refractivity contribution in [1.82, 2.24) is 35.0 Å². The van der Waals surface area contributed by atoms with E-state index in [1.165, 1.54) is 17.5 Å². The van der Waals surface area contributed by atoms with Gasteiger partial charge in [0.1, 0.15) is 12.0 Å². The molecule has 0 radical (unpaired) electrons. The number of aryl methyl sites for hydroxylation is 1. The molecule has 0 saturated heterocycles. The second kappa shape index (κ2) is 9.15. The van der Waals surface area contributed by atoms with Crippen LogP contribution in [0.1, 0.15) is 39.3 Å². The highest BCUT2D eigenvalue weighted by atomic mass is 16.1. The van der Waals surface area contributed by atoms with Gasteiger partial charge in [-0.05, 0) is 60.2 Å². The van der Waals surface area contributed by atoms with Gasteiger partial charge in [0.15, 0.2) is 11.6 Å². The Hall–Kier alpha value is -4.14. The molecule has 3 aromatic heterocycles. The predicted molar refractivity (Wildman–Crippen MR) is 123 cm³/mol. The highest BCUT2D eigenvalue weighted by Gasteiger charge is 2.16. The molecule has 3 heterocycles. The summed E-state index contributed by atoms with van der Waals surface area (Å²) in [5.74, 6) is 1.31. The van der Waals surface area contributed by atoms with Crippen LogP contribution < -0.4 is 10.6 Å². The van der Waals surface area contributed by atoms with Gasteiger partial charge < -0.3 is 15.2 Å². The van der Waals surface area contributed by atoms with Gasteiger partial charge in [0.25, 0.3) is 5.91 Å². The number of hydrogen-bond acceptors (Lipinski definition) is 7. The second-order valence-electron chi connectivity index (χ2n) is 8.00. The lowest BCUT2D eigenvalue weighted by molar-refractivity contribution is 0.0951. The largest absolute Gasteiger partial charge is 0.378 e. The van der Waals surface area contributed by atoms with E-state index >= 15 is 0 Å². The van der Waals surface area contributed by atoms with Crippen molar-refractivity contribution >= 4 is 11.6 Å². The first-order valence-corrected chi connectivity index (χ1v) is 10.9. The first-order valence-electron chi connectivity index (χ1n) is 10.9. The minimum absolute atomic E-state index is 0.112. The van der Waals surface area contributed by atoms with Gasteiger partial charge in [0.05, 0.1) is 6.54 Å². The molecule has 1 amide bonds. The minimum atomic E-state index is -0.112. The van der Waals surface area contributed by atoms with Crippen molar-refractivity contribution in [3.8, 4) is 11.5 Å². The number of hydrogen-bond donors (Lipinski definition) is 2. The number of nitrogens with zero attached hydrogens (tertiary/aromatic N) is 6. The maximum atomic E-state index is 12.8. The highest BCUT2D eigenvalue weighted by molar-refractivity contribution is 5.95. The maximum absolute atomic E-state index is 12.8. The molecule has 33 heavy (non-hydrogen) atoms. The molecular weight excluding hydrogens is 416 g/mol. The molecule has 5 rings (SSSR count). The van der Waals surface area contributed by atoms with E-state index in [0.717, 1.165) is 36.3 Å². The zero-order chi connectivity index (χ0) is 22.6. The van der Waals surface area contributed by atoms with E-state index < -0.39 is 0 Å². The summed E-state index contributed by atoms with van der Waals surface area (Å²) < 4.78 is 1.89. The molecule has 1 aliphatic rings. The molecule has 1 aliphatic carbocycles. The zero-order valence-electron chi connectivity index (χ0n) is 18.3. The number of pyridine rings is 1. The Bertz CT molecular complexity index is 1280. The van der Waals surface area contributed by atoms with Crippen LogP contribution in [0.25, 0.3) is 11.5 Å². The number of benzene rings is 1. The lowest BCUT2D eigenvalue weighted by Gasteiger charge is -2.11. The fourth-order valence-electron chi connectivity index (χ4n) is 4.11. The average Bonchev–Trinajstić information content (AvgIpc) is 3.49. The van der Waals surface area contributed by atoms with Crippen LogP contribution in [0.2, 0.25) is 0 Å². The Morgan fingerprint density at radius 2 is 2.03 bits per heavy atom. The molecule has 0 unspecified atom stereocenters. The molecule has 166 valence electrons. The minimum Gasteiger partial charge on any atom is -0.378 e. The van der Waals surface area contributed by atoms with Crippen LogP contribution in [-0.2, 0) is 33.0 Å². The van der Waals surface area contributed by atoms with Crippen molar-refractivity contribution < 1.29 is 4.79 Å². The van der Waals surface area contributed by atoms with Crippen molar-refractivity contribution in [2.24, 2.45) is 7.05 Å². The Labute approximate surface area is 191 Å². The van der Waals surface area contributed by atoms with Gasteiger partial charge in [-0.3, -0.25) is 9.78 Å². The molecule has 2 N–H and O–H groups in total. The molecule has 4 aromatic rings. The second-order valence-corrected chi connectivity index (χ2v) is 8.00. The smallest absolute Gasteiger partial charge is 0.251 e. The summed E-state index contributed by atoms with van der Waals surface area (Å²) in [5, 5.41) is 14.9. The SMILES string of the molecule is Cn1c(CNc2cccc(C(=O)NCc3cncc4c3CCC4)c2)nnc1-c1ccncn1. The molecule has 0 aliphatic heterocycles. The third kappa shape index (κ3) is 4.43. The molecule has 1 aromatic carbocycles. The lowest BCUT2D eigenvalue weighted by Crippen LogP contribution is -2.23. The van der Waals surface area contributed by atoms with Gasteiger partial charge >= 0.3 is 0 Å². The van der Waals surface area contributed by atoms with Gasteiger partial charge in [-0.25, -0.2) is 9.97 Å². The van der Waals surface area contributed by atoms with Gasteiger partial charge in [0, 0.05) is 43.4 Å². The van der Waals surface area contributed by atoms with Crippen molar-refractivity contribution in [3.05, 3.63) is 83.3 Å². The monoisotopic (exact) mass is 440 g/mol. The Kier molecular flexibility index (Phi) is 5.75. The van der Waals surface area contributed by atoms with Crippen LogP contribution in [-0.4, -0.2) is 35.6 Å². The van der Waals surface area contributed by atoms with Crippen LogP contribution in [0, 0.1) is 0 Å². The van der Waals surface area contributed by atoms with Crippen molar-refractivity contribution in [2.75, 3.05) is 5.32 Å². The van der Waals surface area contributed by atoms with Gasteiger partial charge in [-0.2, -0.15) is 0 Å². The normalized spacial score (nSPS) is 12.4. The standard InChI is InChI=1S/C24H24N8O/c1-32-22(30-31-23(32)21-8-9-25-15-29-21)14-27-19-6-2-4-16(10-19)24(33)28-13-18-12-26-11-17-5-3-7-20(17)18/h2,4,6,8-12,15,27H,3,5,7,13-14H2,1H3,(H,28,33). The molecule has 0 saturated carbocycles. The first kappa shape index (κ1) is 20.7. The van der Waals surface area contributed by atoms with E-state index in [1.54, 1.807) is 12.3 Å². The van der Waals surface area contributed by atoms with Crippen LogP contribution in [0.5, 0.6) is 0 Å². The van der Waals surface area contributed by atoms with Crippen LogP contribution in [0.4, 0.5) is 5.69 Å². The van der Waals surface area contributed by atoms with Crippen molar-refractivity contribution in [1.29, 1.82) is 0 Å². The van der Waals surface area contributed by atoms with Crippen LogP contribution >= 0.6 is 0 Å². The summed E-state index contributed by atoms with van der Waals surface area (Å²) in [7, 11) is 1.90. The summed E-state index contributed by atoms with van der Waals surface area (Å²) in [6.45, 7) is 0.943. The number of amides is 1. The van der Waals surface area contributed by atoms with E-state index in [0.29, 0.717) is 30.2 Å². The molecule has 9 heteroatoms. The zero-order valence-corrected chi connectivity index (χ0v) is 18.3. The number of carbonyl (C=O) groups excluding carboxylic acids is 1. The van der Waals surface area contributed by atoms with Crippen LogP contribution in [0.3, 0.4) is 0 Å². The molecule has 0 atom stereocenters. The maximum Gasteiger partial charge on any atom is 0.251 e. The fourth-order valence-corrected chi connectivity index (χ4v) is 4.11. The first-order chi connectivity index (χ1) is 16.2. The number of aromatic nitrogens is 6. The predicted octanol–water partition coefficient (Wildman–Crippen LogP) is 2.70. The lowest BCUT2D eigenvalue weighted by atomic mass is 10.1. The summed E-state index contributed by atoms with van der Waals surface area (Å²) >= 11 is 0. The summed E-state index contributed by atoms with van der Waals surface area (Å²) in [5.41, 5.74) is 5.89. The quantitative estimate of drug-likeness (QED) is 0.455. The summed E-state index contributed by atoms with van der Waals surface area (Å²) in [6, 6.07) is 9.23.